The largest absolute Gasteiger partial charge is 0.269 e. The average Bonchev–Trinajstić information content (AvgIpc) is 3.01. The second kappa shape index (κ2) is 4.00. The number of amides is 2. The Labute approximate surface area is 116 Å². The van der Waals surface area contributed by atoms with Crippen LogP contribution in [0.4, 0.5) is 0 Å². The fourth-order valence-electron chi connectivity index (χ4n) is 3.18. The Hall–Kier alpha value is -2.49. The minimum absolute atomic E-state index is 0.152. The second-order valence-electron chi connectivity index (χ2n) is 5.15. The van der Waals surface area contributed by atoms with E-state index in [9.17, 15) is 9.59 Å². The molecule has 1 aliphatic heterocycles. The molecule has 0 N–H and O–H groups in total. The average molecular weight is 264 g/mol. The van der Waals surface area contributed by atoms with E-state index in [0.29, 0.717) is 11.1 Å². The van der Waals surface area contributed by atoms with Gasteiger partial charge in [0.05, 0.1) is 17.2 Å². The monoisotopic (exact) mass is 264 g/mol. The van der Waals surface area contributed by atoms with Gasteiger partial charge in [-0.2, -0.15) is 0 Å². The van der Waals surface area contributed by atoms with Gasteiger partial charge in [0.1, 0.15) is 0 Å². The molecule has 0 saturated heterocycles. The predicted octanol–water partition coefficient (Wildman–Crippen LogP) is 2.37. The van der Waals surface area contributed by atoms with E-state index in [0.717, 1.165) is 24.0 Å². The highest BCUT2D eigenvalue weighted by atomic mass is 16.2. The number of pyridine rings is 1. The lowest BCUT2D eigenvalue weighted by Gasteiger charge is -2.22. The van der Waals surface area contributed by atoms with Crippen LogP contribution in [0.2, 0.25) is 0 Å². The van der Waals surface area contributed by atoms with Crippen molar-refractivity contribution < 1.29 is 9.59 Å². The lowest BCUT2D eigenvalue weighted by molar-refractivity contribution is 0.0582. The first kappa shape index (κ1) is 11.3. The third-order valence-electron chi connectivity index (χ3n) is 4.12. The Morgan fingerprint density at radius 1 is 1.05 bits per heavy atom. The number of imide groups is 1. The van der Waals surface area contributed by atoms with Crippen LogP contribution in [0.1, 0.15) is 44.3 Å². The zero-order chi connectivity index (χ0) is 13.7. The summed E-state index contributed by atoms with van der Waals surface area (Å²) in [6.45, 7) is 0. The summed E-state index contributed by atoms with van der Waals surface area (Å²) in [6.07, 6.45) is 5.19. The van der Waals surface area contributed by atoms with Gasteiger partial charge in [-0.15, -0.1) is 0 Å². The number of carbonyl (C=O) groups is 2. The lowest BCUT2D eigenvalue weighted by Crippen LogP contribution is -2.33. The van der Waals surface area contributed by atoms with Gasteiger partial charge in [-0.25, -0.2) is 0 Å². The number of nitrogens with zero attached hydrogens (tertiary/aromatic N) is 2. The van der Waals surface area contributed by atoms with E-state index in [4.69, 9.17) is 0 Å². The smallest absolute Gasteiger partial charge is 0.262 e. The van der Waals surface area contributed by atoms with Crippen molar-refractivity contribution in [1.82, 2.24) is 9.88 Å². The Morgan fingerprint density at radius 2 is 1.75 bits per heavy atom. The summed E-state index contributed by atoms with van der Waals surface area (Å²) in [7, 11) is 0. The van der Waals surface area contributed by atoms with Gasteiger partial charge in [0, 0.05) is 12.4 Å². The topological polar surface area (TPSA) is 50.3 Å². The first-order valence-corrected chi connectivity index (χ1v) is 6.67. The van der Waals surface area contributed by atoms with Crippen LogP contribution in [0.3, 0.4) is 0 Å². The molecule has 0 spiro atoms. The third-order valence-corrected chi connectivity index (χ3v) is 4.12. The number of aromatic nitrogens is 1. The molecule has 2 heterocycles. The summed E-state index contributed by atoms with van der Waals surface area (Å²) in [4.78, 5) is 30.5. The van der Waals surface area contributed by atoms with Crippen molar-refractivity contribution in [2.24, 2.45) is 0 Å². The van der Waals surface area contributed by atoms with Crippen LogP contribution in [0.5, 0.6) is 0 Å². The van der Waals surface area contributed by atoms with Crippen LogP contribution >= 0.6 is 0 Å². The molecule has 2 aliphatic rings. The summed E-state index contributed by atoms with van der Waals surface area (Å²) in [5, 5.41) is 0. The van der Waals surface area contributed by atoms with Crippen molar-refractivity contribution in [1.29, 1.82) is 0 Å². The number of benzene rings is 1. The first-order chi connectivity index (χ1) is 9.77. The molecule has 1 aromatic carbocycles. The van der Waals surface area contributed by atoms with Crippen molar-refractivity contribution in [2.75, 3.05) is 0 Å². The molecule has 0 saturated carbocycles. The van der Waals surface area contributed by atoms with E-state index in [2.05, 4.69) is 4.98 Å². The highest BCUT2D eigenvalue weighted by Gasteiger charge is 2.42. The molecule has 98 valence electrons. The van der Waals surface area contributed by atoms with Crippen molar-refractivity contribution in [3.63, 3.8) is 0 Å². The maximum absolute atomic E-state index is 12.5. The van der Waals surface area contributed by atoms with Crippen LogP contribution in [-0.2, 0) is 6.42 Å². The SMILES string of the molecule is O=C1c2ccccc2C(=O)N1[C@@H]1CCc2cnccc21. The fraction of sp³-hybridized carbons (Fsp3) is 0.188. The molecule has 1 atom stereocenters. The van der Waals surface area contributed by atoms with Crippen LogP contribution in [0, 0.1) is 0 Å². The van der Waals surface area contributed by atoms with E-state index < -0.39 is 0 Å². The number of hydrogen-bond donors (Lipinski definition) is 0. The summed E-state index contributed by atoms with van der Waals surface area (Å²) < 4.78 is 0. The Bertz CT molecular complexity index is 704. The van der Waals surface area contributed by atoms with Crippen LogP contribution in [0.25, 0.3) is 0 Å². The molecule has 4 rings (SSSR count). The minimum atomic E-state index is -0.180. The van der Waals surface area contributed by atoms with Gasteiger partial charge in [0.2, 0.25) is 0 Å². The van der Waals surface area contributed by atoms with Crippen LogP contribution in [-0.4, -0.2) is 21.7 Å². The molecular weight excluding hydrogens is 252 g/mol. The third kappa shape index (κ3) is 1.39. The normalized spacial score (nSPS) is 20.2. The van der Waals surface area contributed by atoms with Crippen LogP contribution < -0.4 is 0 Å². The van der Waals surface area contributed by atoms with Gasteiger partial charge in [-0.1, -0.05) is 12.1 Å². The summed E-state index contributed by atoms with van der Waals surface area (Å²) in [5.41, 5.74) is 3.21. The molecule has 1 aliphatic carbocycles. The zero-order valence-corrected chi connectivity index (χ0v) is 10.7. The van der Waals surface area contributed by atoms with Gasteiger partial charge in [0.25, 0.3) is 11.8 Å². The second-order valence-corrected chi connectivity index (χ2v) is 5.15. The van der Waals surface area contributed by atoms with E-state index in [-0.39, 0.29) is 17.9 Å². The van der Waals surface area contributed by atoms with Crippen LogP contribution in [0.15, 0.2) is 42.7 Å². The van der Waals surface area contributed by atoms with Crippen molar-refractivity contribution in [3.05, 3.63) is 65.0 Å². The molecule has 0 unspecified atom stereocenters. The maximum atomic E-state index is 12.5. The Kier molecular flexibility index (Phi) is 2.27. The van der Waals surface area contributed by atoms with Gasteiger partial charge in [-0.3, -0.25) is 19.5 Å². The Morgan fingerprint density at radius 3 is 2.45 bits per heavy atom. The summed E-state index contributed by atoms with van der Waals surface area (Å²) >= 11 is 0. The number of rotatable bonds is 1. The standard InChI is InChI=1S/C16H12N2O2/c19-15-12-3-1-2-4-13(12)16(20)18(15)14-6-5-10-9-17-8-7-11(10)14/h1-4,7-9,14H,5-6H2/t14-/m1/s1. The van der Waals surface area contributed by atoms with Crippen molar-refractivity contribution >= 4 is 11.8 Å². The van der Waals surface area contributed by atoms with E-state index in [1.807, 2.05) is 12.3 Å². The first-order valence-electron chi connectivity index (χ1n) is 6.67. The van der Waals surface area contributed by atoms with Gasteiger partial charge >= 0.3 is 0 Å². The van der Waals surface area contributed by atoms with Gasteiger partial charge in [0.15, 0.2) is 0 Å². The molecule has 0 fully saturated rings. The number of aryl methyl sites for hydroxylation is 1. The van der Waals surface area contributed by atoms with E-state index >= 15 is 0 Å². The molecule has 0 bridgehead atoms. The molecule has 0 radical (unpaired) electrons. The number of hydrogen-bond acceptors (Lipinski definition) is 3. The zero-order valence-electron chi connectivity index (χ0n) is 10.7. The van der Waals surface area contributed by atoms with E-state index in [1.54, 1.807) is 30.5 Å². The number of fused-ring (bicyclic) bond motifs is 2. The Balaban J connectivity index is 1.79. The molecule has 20 heavy (non-hydrogen) atoms. The van der Waals surface area contributed by atoms with Gasteiger partial charge < -0.3 is 0 Å². The molecule has 4 heteroatoms. The predicted molar refractivity (Wildman–Crippen MR) is 72.2 cm³/mol. The molecule has 1 aromatic heterocycles. The maximum Gasteiger partial charge on any atom is 0.262 e. The molecule has 2 aromatic rings. The quantitative estimate of drug-likeness (QED) is 0.743. The van der Waals surface area contributed by atoms with Gasteiger partial charge in [-0.05, 0) is 42.2 Å². The highest BCUT2D eigenvalue weighted by Crippen LogP contribution is 2.39. The molecule has 2 amide bonds. The summed E-state index contributed by atoms with van der Waals surface area (Å²) in [5.74, 6) is -0.361. The lowest BCUT2D eigenvalue weighted by atomic mass is 10.1. The number of carbonyl (C=O) groups excluding carboxylic acids is 2. The molecular formula is C16H12N2O2. The molecule has 4 nitrogen and oxygen atoms in total. The fourth-order valence-corrected chi connectivity index (χ4v) is 3.18. The highest BCUT2D eigenvalue weighted by molar-refractivity contribution is 6.21. The van der Waals surface area contributed by atoms with Crippen molar-refractivity contribution in [2.45, 2.75) is 18.9 Å². The van der Waals surface area contributed by atoms with E-state index in [1.165, 1.54) is 4.90 Å². The minimum Gasteiger partial charge on any atom is -0.269 e. The van der Waals surface area contributed by atoms with Crippen molar-refractivity contribution in [3.8, 4) is 0 Å². The summed E-state index contributed by atoms with van der Waals surface area (Å²) in [6, 6.07) is 8.78.